The van der Waals surface area contributed by atoms with Crippen LogP contribution < -0.4 is 15.8 Å². The molecule has 126 valence electrons. The lowest BCUT2D eigenvalue weighted by Crippen LogP contribution is -2.38. The highest BCUT2D eigenvalue weighted by Gasteiger charge is 2.25. The molecule has 3 aromatic rings. The Kier molecular flexibility index (Phi) is 3.93. The van der Waals surface area contributed by atoms with E-state index in [4.69, 9.17) is 0 Å². The number of nitrogens with zero attached hydrogens (tertiary/aromatic N) is 2. The van der Waals surface area contributed by atoms with Gasteiger partial charge in [0.1, 0.15) is 0 Å². The molecule has 1 fully saturated rings. The number of para-hydroxylation sites is 2. The van der Waals surface area contributed by atoms with Gasteiger partial charge in [0.15, 0.2) is 5.82 Å². The largest absolute Gasteiger partial charge is 0.369 e. The number of aromatic nitrogens is 2. The Hall–Kier alpha value is -3.15. The van der Waals surface area contributed by atoms with E-state index < -0.39 is 0 Å². The molecule has 1 atom stereocenters. The lowest BCUT2D eigenvalue weighted by Gasteiger charge is -2.18. The molecule has 1 aliphatic rings. The second-order valence-corrected chi connectivity index (χ2v) is 6.17. The summed E-state index contributed by atoms with van der Waals surface area (Å²) in [5, 5.41) is 3.46. The van der Waals surface area contributed by atoms with Gasteiger partial charge in [0.25, 0.3) is 11.5 Å². The number of carbonyl (C=O) groups is 1. The van der Waals surface area contributed by atoms with Crippen LogP contribution in [0.1, 0.15) is 17.0 Å². The van der Waals surface area contributed by atoms with Crippen molar-refractivity contribution in [3.05, 3.63) is 70.8 Å². The number of benzene rings is 2. The van der Waals surface area contributed by atoms with Gasteiger partial charge in [-0.1, -0.05) is 30.3 Å². The summed E-state index contributed by atoms with van der Waals surface area (Å²) in [7, 11) is 0. The fourth-order valence-corrected chi connectivity index (χ4v) is 3.20. The van der Waals surface area contributed by atoms with E-state index in [9.17, 15) is 9.59 Å². The predicted molar refractivity (Wildman–Crippen MR) is 96.9 cm³/mol. The second-order valence-electron chi connectivity index (χ2n) is 6.17. The van der Waals surface area contributed by atoms with Gasteiger partial charge in [0.05, 0.1) is 10.9 Å². The zero-order valence-electron chi connectivity index (χ0n) is 13.6. The smallest absolute Gasteiger partial charge is 0.287 e. The summed E-state index contributed by atoms with van der Waals surface area (Å²) in [6, 6.07) is 17.1. The zero-order valence-corrected chi connectivity index (χ0v) is 13.6. The summed E-state index contributed by atoms with van der Waals surface area (Å²) in [6.45, 7) is 1.63. The number of aromatic amines is 1. The molecule has 0 radical (unpaired) electrons. The van der Waals surface area contributed by atoms with E-state index in [-0.39, 0.29) is 23.3 Å². The van der Waals surface area contributed by atoms with E-state index in [0.717, 1.165) is 25.2 Å². The fraction of sp³-hybridized carbons (Fsp3) is 0.211. The Labute approximate surface area is 144 Å². The molecule has 2 aromatic carbocycles. The number of amides is 1. The standard InChI is InChI=1S/C19H18N4O2/c24-18-15-8-4-5-9-16(15)21-17(22-18)19(25)20-13-10-11-23(12-13)14-6-2-1-3-7-14/h1-9,13H,10-12H2,(H,20,25)(H,21,22,24). The van der Waals surface area contributed by atoms with Crippen molar-refractivity contribution in [2.45, 2.75) is 12.5 Å². The molecule has 0 spiro atoms. The van der Waals surface area contributed by atoms with Crippen molar-refractivity contribution in [3.63, 3.8) is 0 Å². The number of fused-ring (bicyclic) bond motifs is 1. The van der Waals surface area contributed by atoms with E-state index >= 15 is 0 Å². The van der Waals surface area contributed by atoms with E-state index in [1.165, 1.54) is 0 Å². The predicted octanol–water partition coefficient (Wildman–Crippen LogP) is 1.93. The van der Waals surface area contributed by atoms with Gasteiger partial charge in [-0.05, 0) is 30.7 Å². The lowest BCUT2D eigenvalue weighted by molar-refractivity contribution is 0.0930. The van der Waals surface area contributed by atoms with Crippen LogP contribution in [0.3, 0.4) is 0 Å². The molecule has 1 amide bonds. The first-order valence-corrected chi connectivity index (χ1v) is 8.30. The summed E-state index contributed by atoms with van der Waals surface area (Å²) in [5.74, 6) is -0.287. The van der Waals surface area contributed by atoms with Gasteiger partial charge >= 0.3 is 0 Å². The molecule has 1 aliphatic heterocycles. The highest BCUT2D eigenvalue weighted by molar-refractivity contribution is 5.92. The summed E-state index contributed by atoms with van der Waals surface area (Å²) in [6.07, 6.45) is 0.860. The molecule has 0 saturated carbocycles. The Morgan fingerprint density at radius 2 is 1.88 bits per heavy atom. The van der Waals surface area contributed by atoms with Gasteiger partial charge in [0, 0.05) is 24.8 Å². The Morgan fingerprint density at radius 1 is 1.12 bits per heavy atom. The van der Waals surface area contributed by atoms with Gasteiger partial charge < -0.3 is 15.2 Å². The maximum absolute atomic E-state index is 12.5. The van der Waals surface area contributed by atoms with E-state index in [2.05, 4.69) is 32.3 Å². The molecule has 6 heteroatoms. The fourth-order valence-electron chi connectivity index (χ4n) is 3.20. The first-order valence-electron chi connectivity index (χ1n) is 8.30. The first kappa shape index (κ1) is 15.4. The highest BCUT2D eigenvalue weighted by atomic mass is 16.2. The van der Waals surface area contributed by atoms with Crippen LogP contribution in [-0.4, -0.2) is 35.0 Å². The molecule has 2 heterocycles. The van der Waals surface area contributed by atoms with Crippen molar-refractivity contribution in [2.24, 2.45) is 0 Å². The molecule has 0 bridgehead atoms. The van der Waals surface area contributed by atoms with Crippen LogP contribution in [0.15, 0.2) is 59.4 Å². The van der Waals surface area contributed by atoms with Crippen LogP contribution in [0.4, 0.5) is 5.69 Å². The molecule has 1 aromatic heterocycles. The number of H-pyrrole nitrogens is 1. The van der Waals surface area contributed by atoms with Crippen molar-refractivity contribution in [1.82, 2.24) is 15.3 Å². The topological polar surface area (TPSA) is 78.1 Å². The van der Waals surface area contributed by atoms with Crippen molar-refractivity contribution in [3.8, 4) is 0 Å². The van der Waals surface area contributed by atoms with E-state index in [1.807, 2.05) is 18.2 Å². The van der Waals surface area contributed by atoms with Gasteiger partial charge in [-0.25, -0.2) is 4.98 Å². The highest BCUT2D eigenvalue weighted by Crippen LogP contribution is 2.19. The molecular formula is C19H18N4O2. The Balaban J connectivity index is 1.49. The molecule has 25 heavy (non-hydrogen) atoms. The number of anilines is 1. The van der Waals surface area contributed by atoms with Crippen LogP contribution in [0.5, 0.6) is 0 Å². The van der Waals surface area contributed by atoms with Crippen molar-refractivity contribution < 1.29 is 4.79 Å². The van der Waals surface area contributed by atoms with Crippen molar-refractivity contribution in [1.29, 1.82) is 0 Å². The summed E-state index contributed by atoms with van der Waals surface area (Å²) < 4.78 is 0. The molecule has 2 N–H and O–H groups in total. The number of carbonyl (C=O) groups excluding carboxylic acids is 1. The quantitative estimate of drug-likeness (QED) is 0.767. The van der Waals surface area contributed by atoms with E-state index in [0.29, 0.717) is 10.9 Å². The molecule has 6 nitrogen and oxygen atoms in total. The second kappa shape index (κ2) is 6.39. The number of rotatable bonds is 3. The first-order chi connectivity index (χ1) is 12.2. The third-order valence-electron chi connectivity index (χ3n) is 4.47. The van der Waals surface area contributed by atoms with Gasteiger partial charge in [-0.15, -0.1) is 0 Å². The third-order valence-corrected chi connectivity index (χ3v) is 4.47. The molecule has 0 aliphatic carbocycles. The number of nitrogens with one attached hydrogen (secondary N) is 2. The van der Waals surface area contributed by atoms with Crippen LogP contribution in [0.2, 0.25) is 0 Å². The molecular weight excluding hydrogens is 316 g/mol. The van der Waals surface area contributed by atoms with Gasteiger partial charge in [0.2, 0.25) is 0 Å². The molecule has 4 rings (SSSR count). The van der Waals surface area contributed by atoms with Crippen molar-refractivity contribution >= 4 is 22.5 Å². The Bertz CT molecular complexity index is 968. The monoisotopic (exact) mass is 334 g/mol. The summed E-state index contributed by atoms with van der Waals surface area (Å²) in [4.78, 5) is 33.7. The zero-order chi connectivity index (χ0) is 17.2. The number of hydrogen-bond acceptors (Lipinski definition) is 4. The van der Waals surface area contributed by atoms with Crippen molar-refractivity contribution in [2.75, 3.05) is 18.0 Å². The maximum atomic E-state index is 12.5. The van der Waals surface area contributed by atoms with Crippen LogP contribution in [0.25, 0.3) is 10.9 Å². The number of hydrogen-bond donors (Lipinski definition) is 2. The van der Waals surface area contributed by atoms with Crippen LogP contribution >= 0.6 is 0 Å². The molecule has 1 saturated heterocycles. The van der Waals surface area contributed by atoms with Gasteiger partial charge in [-0.2, -0.15) is 0 Å². The molecule has 1 unspecified atom stereocenters. The third kappa shape index (κ3) is 3.10. The van der Waals surface area contributed by atoms with E-state index in [1.54, 1.807) is 24.3 Å². The summed E-state index contributed by atoms with van der Waals surface area (Å²) in [5.41, 5.74) is 1.37. The average Bonchev–Trinajstić information content (AvgIpc) is 3.11. The van der Waals surface area contributed by atoms with Crippen LogP contribution in [0, 0.1) is 0 Å². The lowest BCUT2D eigenvalue weighted by atomic mass is 10.2. The maximum Gasteiger partial charge on any atom is 0.287 e. The normalized spacial score (nSPS) is 17.0. The van der Waals surface area contributed by atoms with Crippen LogP contribution in [-0.2, 0) is 0 Å². The average molecular weight is 334 g/mol. The minimum atomic E-state index is -0.345. The Morgan fingerprint density at radius 3 is 2.72 bits per heavy atom. The minimum Gasteiger partial charge on any atom is -0.369 e. The minimum absolute atomic E-state index is 0.0319. The van der Waals surface area contributed by atoms with Gasteiger partial charge in [-0.3, -0.25) is 9.59 Å². The SMILES string of the molecule is O=C(NC1CCN(c2ccccc2)C1)c1nc2ccccc2c(=O)[nH]1. The summed E-state index contributed by atoms with van der Waals surface area (Å²) >= 11 is 0.